The molecule has 6 heteroatoms. The van der Waals surface area contributed by atoms with Gasteiger partial charge in [0.25, 0.3) is 0 Å². The van der Waals surface area contributed by atoms with Gasteiger partial charge in [-0.1, -0.05) is 19.9 Å². The van der Waals surface area contributed by atoms with Crippen molar-refractivity contribution in [1.29, 1.82) is 0 Å². The van der Waals surface area contributed by atoms with Crippen LogP contribution in [0.2, 0.25) is 0 Å². The highest BCUT2D eigenvalue weighted by molar-refractivity contribution is 6.05. The summed E-state index contributed by atoms with van der Waals surface area (Å²) in [7, 11) is 0. The molecule has 1 unspecified atom stereocenters. The largest absolute Gasteiger partial charge is 0.362 e. The molecule has 0 bridgehead atoms. The van der Waals surface area contributed by atoms with E-state index in [0.717, 1.165) is 17.8 Å². The van der Waals surface area contributed by atoms with Crippen LogP contribution < -0.4 is 10.6 Å². The maximum Gasteiger partial charge on any atom is 0.249 e. The molecule has 1 aromatic carbocycles. The third kappa shape index (κ3) is 3.53. The molecule has 0 saturated carbocycles. The fraction of sp³-hybridized carbons (Fsp3) is 0.429. The number of hydrogen-bond acceptors (Lipinski definition) is 3. The number of carbonyl (C=O) groups excluding carboxylic acids is 2. The lowest BCUT2D eigenvalue weighted by atomic mass is 9.68. The second kappa shape index (κ2) is 6.91. The Kier molecular flexibility index (Phi) is 4.93. The highest BCUT2D eigenvalue weighted by atomic mass is 19.1. The number of amides is 1. The average molecular weight is 374 g/mol. The van der Waals surface area contributed by atoms with Gasteiger partial charge in [0.15, 0.2) is 5.78 Å². The Morgan fingerprint density at radius 3 is 2.63 bits per heavy atom. The molecular formula is C21H24F2N2O2. The van der Waals surface area contributed by atoms with Gasteiger partial charge in [0.2, 0.25) is 5.91 Å². The van der Waals surface area contributed by atoms with Gasteiger partial charge >= 0.3 is 0 Å². The Labute approximate surface area is 157 Å². The lowest BCUT2D eigenvalue weighted by Crippen LogP contribution is -2.40. The van der Waals surface area contributed by atoms with Gasteiger partial charge in [-0.05, 0) is 31.7 Å². The van der Waals surface area contributed by atoms with E-state index < -0.39 is 17.6 Å². The number of rotatable bonds is 3. The molecule has 0 fully saturated rings. The van der Waals surface area contributed by atoms with Crippen LogP contribution in [0.25, 0.3) is 0 Å². The number of ketones is 1. The van der Waals surface area contributed by atoms with Gasteiger partial charge in [0.05, 0.1) is 0 Å². The van der Waals surface area contributed by atoms with Crippen molar-refractivity contribution in [2.45, 2.75) is 46.5 Å². The summed E-state index contributed by atoms with van der Waals surface area (Å²) in [4.78, 5) is 25.7. The first-order valence-corrected chi connectivity index (χ1v) is 9.12. The van der Waals surface area contributed by atoms with Crippen molar-refractivity contribution in [2.75, 3.05) is 6.54 Å². The number of Topliss-reactive ketones (excluding diaryl/α,β-unsaturated/α-hetero) is 1. The Morgan fingerprint density at radius 1 is 1.30 bits per heavy atom. The van der Waals surface area contributed by atoms with Crippen molar-refractivity contribution < 1.29 is 18.4 Å². The van der Waals surface area contributed by atoms with Crippen LogP contribution in [0, 0.1) is 17.0 Å². The highest BCUT2D eigenvalue weighted by Crippen LogP contribution is 2.47. The van der Waals surface area contributed by atoms with E-state index in [1.165, 1.54) is 6.07 Å². The van der Waals surface area contributed by atoms with Gasteiger partial charge in [0, 0.05) is 53.1 Å². The van der Waals surface area contributed by atoms with Gasteiger partial charge in [-0.2, -0.15) is 0 Å². The van der Waals surface area contributed by atoms with E-state index in [1.54, 1.807) is 13.8 Å². The van der Waals surface area contributed by atoms with Crippen LogP contribution >= 0.6 is 0 Å². The monoisotopic (exact) mass is 374 g/mol. The Hall–Kier alpha value is -2.50. The summed E-state index contributed by atoms with van der Waals surface area (Å²) >= 11 is 0. The second-order valence-electron chi connectivity index (χ2n) is 7.96. The molecule has 0 radical (unpaired) electrons. The van der Waals surface area contributed by atoms with Gasteiger partial charge < -0.3 is 10.6 Å². The maximum atomic E-state index is 14.7. The molecule has 3 rings (SSSR count). The summed E-state index contributed by atoms with van der Waals surface area (Å²) < 4.78 is 28.1. The van der Waals surface area contributed by atoms with E-state index in [-0.39, 0.29) is 22.7 Å². The molecule has 27 heavy (non-hydrogen) atoms. The maximum absolute atomic E-state index is 14.7. The Morgan fingerprint density at radius 2 is 2.00 bits per heavy atom. The third-order valence-electron chi connectivity index (χ3n) is 5.10. The van der Waals surface area contributed by atoms with E-state index in [1.807, 2.05) is 13.8 Å². The van der Waals surface area contributed by atoms with Crippen molar-refractivity contribution in [3.05, 3.63) is 57.9 Å². The lowest BCUT2D eigenvalue weighted by Gasteiger charge is -2.39. The molecule has 1 amide bonds. The summed E-state index contributed by atoms with van der Waals surface area (Å²) in [5, 5.41) is 5.94. The van der Waals surface area contributed by atoms with E-state index in [0.29, 0.717) is 36.2 Å². The van der Waals surface area contributed by atoms with Crippen molar-refractivity contribution in [1.82, 2.24) is 10.6 Å². The predicted molar refractivity (Wildman–Crippen MR) is 98.7 cm³/mol. The molecule has 144 valence electrons. The fourth-order valence-electron chi connectivity index (χ4n) is 4.04. The molecule has 1 atom stereocenters. The minimum atomic E-state index is -0.850. The third-order valence-corrected chi connectivity index (χ3v) is 5.10. The minimum absolute atomic E-state index is 0.114. The molecule has 0 spiro atoms. The summed E-state index contributed by atoms with van der Waals surface area (Å²) in [6.07, 6.45) is 0.932. The molecule has 1 aromatic rings. The summed E-state index contributed by atoms with van der Waals surface area (Å²) in [5.41, 5.74) is 1.92. The first kappa shape index (κ1) is 19.3. The predicted octanol–water partition coefficient (Wildman–Crippen LogP) is 3.70. The van der Waals surface area contributed by atoms with Crippen molar-refractivity contribution >= 4 is 11.7 Å². The first-order valence-electron chi connectivity index (χ1n) is 9.12. The van der Waals surface area contributed by atoms with Crippen LogP contribution in [0.5, 0.6) is 0 Å². The van der Waals surface area contributed by atoms with Gasteiger partial charge in [-0.15, -0.1) is 0 Å². The number of carbonyl (C=O) groups is 2. The minimum Gasteiger partial charge on any atom is -0.362 e. The summed E-state index contributed by atoms with van der Waals surface area (Å²) in [5.74, 6) is -2.79. The number of allylic oxidation sites excluding steroid dienone is 3. The summed E-state index contributed by atoms with van der Waals surface area (Å²) in [6, 6.07) is 3.27. The number of dihydropyridines is 1. The van der Waals surface area contributed by atoms with Crippen molar-refractivity contribution in [3.8, 4) is 0 Å². The topological polar surface area (TPSA) is 58.2 Å². The molecule has 1 heterocycles. The molecule has 2 aliphatic rings. The molecule has 2 N–H and O–H groups in total. The number of likely N-dealkylation sites (N-methyl/N-ethyl adjacent to an activating group) is 1. The fourth-order valence-corrected chi connectivity index (χ4v) is 4.04. The van der Waals surface area contributed by atoms with Crippen molar-refractivity contribution in [2.24, 2.45) is 5.41 Å². The van der Waals surface area contributed by atoms with Crippen LogP contribution in [-0.4, -0.2) is 18.2 Å². The number of nitrogens with one attached hydrogen (secondary N) is 2. The van der Waals surface area contributed by atoms with E-state index in [9.17, 15) is 18.4 Å². The second-order valence-corrected chi connectivity index (χ2v) is 7.96. The zero-order valence-electron chi connectivity index (χ0n) is 16.0. The van der Waals surface area contributed by atoms with Crippen LogP contribution in [0.15, 0.2) is 40.7 Å². The lowest BCUT2D eigenvalue weighted by molar-refractivity contribution is -0.118. The Bertz CT molecular complexity index is 884. The zero-order chi connectivity index (χ0) is 19.9. The molecule has 1 aliphatic carbocycles. The normalized spacial score (nSPS) is 21.7. The standard InChI is InChI=1S/C21H24F2N2O2/c1-5-24-20(27)17-11(2)25-15-9-21(3,4)10-16(26)19(15)18(17)13-7-6-12(22)8-14(13)23/h6-8,18,25H,5,9-10H2,1-4H3,(H,24,27). The quantitative estimate of drug-likeness (QED) is 0.848. The molecular weight excluding hydrogens is 350 g/mol. The molecule has 4 nitrogen and oxygen atoms in total. The van der Waals surface area contributed by atoms with Crippen molar-refractivity contribution in [3.63, 3.8) is 0 Å². The van der Waals surface area contributed by atoms with E-state index >= 15 is 0 Å². The summed E-state index contributed by atoms with van der Waals surface area (Å²) in [6.45, 7) is 7.94. The van der Waals surface area contributed by atoms with E-state index in [4.69, 9.17) is 0 Å². The van der Waals surface area contributed by atoms with Gasteiger partial charge in [-0.25, -0.2) is 8.78 Å². The van der Waals surface area contributed by atoms with Crippen LogP contribution in [0.3, 0.4) is 0 Å². The van der Waals surface area contributed by atoms with Gasteiger partial charge in [0.1, 0.15) is 11.6 Å². The number of benzene rings is 1. The SMILES string of the molecule is CCNC(=O)C1=C(C)NC2=C(C(=O)CC(C)(C)C2)C1c1ccc(F)cc1F. The smallest absolute Gasteiger partial charge is 0.249 e. The molecule has 0 aromatic heterocycles. The van der Waals surface area contributed by atoms with E-state index in [2.05, 4.69) is 10.6 Å². The van der Waals surface area contributed by atoms with Crippen LogP contribution in [-0.2, 0) is 9.59 Å². The first-order chi connectivity index (χ1) is 12.6. The van der Waals surface area contributed by atoms with Crippen LogP contribution in [0.4, 0.5) is 8.78 Å². The van der Waals surface area contributed by atoms with Crippen LogP contribution in [0.1, 0.15) is 52.0 Å². The highest BCUT2D eigenvalue weighted by Gasteiger charge is 2.43. The number of hydrogen-bond donors (Lipinski definition) is 2. The molecule has 1 aliphatic heterocycles. The Balaban J connectivity index is 2.22. The molecule has 0 saturated heterocycles. The van der Waals surface area contributed by atoms with Gasteiger partial charge in [-0.3, -0.25) is 9.59 Å². The zero-order valence-corrected chi connectivity index (χ0v) is 16.0. The number of halogens is 2. The average Bonchev–Trinajstić information content (AvgIpc) is 2.52.